The maximum absolute atomic E-state index is 5.14. The van der Waals surface area contributed by atoms with E-state index in [1.54, 1.807) is 11.3 Å². The normalized spacial score (nSPS) is 28.5. The lowest BCUT2D eigenvalue weighted by Gasteiger charge is -2.23. The zero-order valence-corrected chi connectivity index (χ0v) is 9.02. The highest BCUT2D eigenvalue weighted by Gasteiger charge is 2.23. The zero-order valence-electron chi connectivity index (χ0n) is 7.39. The van der Waals surface area contributed by atoms with Crippen molar-refractivity contribution < 1.29 is 0 Å². The molecule has 1 heterocycles. The second kappa shape index (κ2) is 2.96. The van der Waals surface area contributed by atoms with Crippen molar-refractivity contribution in [1.29, 1.82) is 0 Å². The van der Waals surface area contributed by atoms with Crippen LogP contribution in [0.2, 0.25) is 0 Å². The lowest BCUT2D eigenvalue weighted by Crippen LogP contribution is -2.13. The number of thiazole rings is 1. The highest BCUT2D eigenvalue weighted by atomic mass is 32.1. The van der Waals surface area contributed by atoms with Crippen LogP contribution in [-0.2, 0) is 6.42 Å². The van der Waals surface area contributed by atoms with E-state index in [9.17, 15) is 0 Å². The van der Waals surface area contributed by atoms with Gasteiger partial charge in [0.25, 0.3) is 0 Å². The van der Waals surface area contributed by atoms with Gasteiger partial charge in [-0.15, -0.1) is 11.3 Å². The van der Waals surface area contributed by atoms with E-state index >= 15 is 0 Å². The average Bonchev–Trinajstić information content (AvgIpc) is 2.29. The maximum atomic E-state index is 5.14. The van der Waals surface area contributed by atoms with Gasteiger partial charge in [0, 0.05) is 10.6 Å². The Bertz CT molecular complexity index is 337. The Balaban J connectivity index is 2.46. The number of nitrogens with one attached hydrogen (secondary N) is 1. The number of fused-ring (bicyclic) bond motifs is 1. The summed E-state index contributed by atoms with van der Waals surface area (Å²) in [7, 11) is 0. The molecule has 0 amide bonds. The van der Waals surface area contributed by atoms with Crippen LogP contribution in [0.5, 0.6) is 0 Å². The molecule has 1 N–H and O–H groups in total. The smallest absolute Gasteiger partial charge is 0.158 e. The van der Waals surface area contributed by atoms with Crippen LogP contribution in [0.25, 0.3) is 0 Å². The van der Waals surface area contributed by atoms with Crippen LogP contribution in [0.3, 0.4) is 0 Å². The van der Waals surface area contributed by atoms with E-state index in [0.29, 0.717) is 5.92 Å². The van der Waals surface area contributed by atoms with Gasteiger partial charge in [0.1, 0.15) is 0 Å². The minimum absolute atomic E-state index is 0.677. The molecular formula is C9H13NS2. The van der Waals surface area contributed by atoms with E-state index in [-0.39, 0.29) is 0 Å². The van der Waals surface area contributed by atoms with E-state index in [0.717, 1.165) is 9.87 Å². The Kier molecular flexibility index (Phi) is 2.09. The fraction of sp³-hybridized carbons (Fsp3) is 0.667. The van der Waals surface area contributed by atoms with Gasteiger partial charge in [-0.1, -0.05) is 13.8 Å². The molecule has 2 unspecified atom stereocenters. The number of H-pyrrole nitrogens is 1. The van der Waals surface area contributed by atoms with Gasteiger partial charge < -0.3 is 4.98 Å². The number of aromatic amines is 1. The van der Waals surface area contributed by atoms with Crippen molar-refractivity contribution >= 4 is 23.6 Å². The lowest BCUT2D eigenvalue weighted by atomic mass is 9.85. The first kappa shape index (κ1) is 8.45. The Labute approximate surface area is 81.8 Å². The number of hydrogen-bond donors (Lipinski definition) is 1. The second-order valence-electron chi connectivity index (χ2n) is 3.80. The number of rotatable bonds is 0. The molecule has 2 atom stereocenters. The third-order valence-electron chi connectivity index (χ3n) is 2.54. The summed E-state index contributed by atoms with van der Waals surface area (Å²) in [5.74, 6) is 1.51. The molecule has 0 spiro atoms. The summed E-state index contributed by atoms with van der Waals surface area (Å²) in [6, 6.07) is 0. The zero-order chi connectivity index (χ0) is 8.72. The molecule has 1 aromatic heterocycles. The Hall–Kier alpha value is -0.150. The minimum atomic E-state index is 0.677. The van der Waals surface area contributed by atoms with Gasteiger partial charge in [0.15, 0.2) is 3.95 Å². The molecule has 66 valence electrons. The molecule has 1 nitrogen and oxygen atoms in total. The first-order valence-corrected chi connectivity index (χ1v) is 5.61. The summed E-state index contributed by atoms with van der Waals surface area (Å²) in [4.78, 5) is 4.79. The van der Waals surface area contributed by atoms with Gasteiger partial charge in [0.05, 0.1) is 0 Å². The fourth-order valence-electron chi connectivity index (χ4n) is 2.04. The summed E-state index contributed by atoms with van der Waals surface area (Å²) in [6.45, 7) is 4.61. The molecule has 0 radical (unpaired) electrons. The van der Waals surface area contributed by atoms with Crippen LogP contribution in [0.15, 0.2) is 0 Å². The minimum Gasteiger partial charge on any atom is -0.340 e. The Morgan fingerprint density at radius 3 is 3.00 bits per heavy atom. The predicted molar refractivity (Wildman–Crippen MR) is 55.4 cm³/mol. The summed E-state index contributed by atoms with van der Waals surface area (Å²) in [5.41, 5.74) is 1.41. The quantitative estimate of drug-likeness (QED) is 0.632. The molecule has 1 aliphatic carbocycles. The lowest BCUT2D eigenvalue weighted by molar-refractivity contribution is 0.448. The van der Waals surface area contributed by atoms with Crippen molar-refractivity contribution in [2.24, 2.45) is 5.92 Å². The monoisotopic (exact) mass is 199 g/mol. The van der Waals surface area contributed by atoms with Crippen molar-refractivity contribution in [2.75, 3.05) is 0 Å². The number of hydrogen-bond acceptors (Lipinski definition) is 2. The maximum Gasteiger partial charge on any atom is 0.158 e. The standard InChI is InChI=1S/C9H13NS2/c1-5-3-6(2)8-7(4-5)12-9(11)10-8/h5-6H,3-4H2,1-2H3,(H,10,11). The summed E-state index contributed by atoms with van der Waals surface area (Å²) < 4.78 is 0.945. The van der Waals surface area contributed by atoms with Gasteiger partial charge >= 0.3 is 0 Å². The topological polar surface area (TPSA) is 15.8 Å². The van der Waals surface area contributed by atoms with Gasteiger partial charge in [-0.25, -0.2) is 0 Å². The van der Waals surface area contributed by atoms with Gasteiger partial charge in [-0.2, -0.15) is 0 Å². The molecule has 0 aromatic carbocycles. The average molecular weight is 199 g/mol. The Morgan fingerprint density at radius 1 is 1.50 bits per heavy atom. The molecule has 1 aliphatic rings. The molecule has 0 saturated heterocycles. The SMILES string of the molecule is CC1Cc2sc(=S)[nH]c2C(C)C1. The molecule has 12 heavy (non-hydrogen) atoms. The fourth-order valence-corrected chi connectivity index (χ4v) is 3.57. The molecule has 0 aliphatic heterocycles. The van der Waals surface area contributed by atoms with E-state index in [4.69, 9.17) is 12.2 Å². The first-order valence-electron chi connectivity index (χ1n) is 4.38. The molecule has 1 aromatic rings. The van der Waals surface area contributed by atoms with E-state index in [1.165, 1.54) is 23.4 Å². The third-order valence-corrected chi connectivity index (χ3v) is 3.81. The number of aromatic nitrogens is 1. The van der Waals surface area contributed by atoms with Crippen molar-refractivity contribution in [2.45, 2.75) is 32.6 Å². The van der Waals surface area contributed by atoms with Crippen molar-refractivity contribution in [3.8, 4) is 0 Å². The molecule has 0 bridgehead atoms. The molecule has 0 saturated carbocycles. The largest absolute Gasteiger partial charge is 0.340 e. The summed E-state index contributed by atoms with van der Waals surface area (Å²) >= 11 is 6.89. The van der Waals surface area contributed by atoms with E-state index in [1.807, 2.05) is 0 Å². The summed E-state index contributed by atoms with van der Waals surface area (Å²) in [5, 5.41) is 0. The molecule has 0 fully saturated rings. The van der Waals surface area contributed by atoms with Crippen LogP contribution in [0.1, 0.15) is 36.8 Å². The van der Waals surface area contributed by atoms with Crippen molar-refractivity contribution in [1.82, 2.24) is 4.98 Å². The second-order valence-corrected chi connectivity index (χ2v) is 5.57. The van der Waals surface area contributed by atoms with Gasteiger partial charge in [-0.05, 0) is 36.9 Å². The predicted octanol–water partition coefficient (Wildman–Crippen LogP) is 3.49. The van der Waals surface area contributed by atoms with E-state index in [2.05, 4.69) is 18.8 Å². The van der Waals surface area contributed by atoms with E-state index < -0.39 is 0 Å². The van der Waals surface area contributed by atoms with Gasteiger partial charge in [-0.3, -0.25) is 0 Å². The van der Waals surface area contributed by atoms with Crippen LogP contribution in [0.4, 0.5) is 0 Å². The van der Waals surface area contributed by atoms with Crippen LogP contribution >= 0.6 is 23.6 Å². The molecular weight excluding hydrogens is 186 g/mol. The van der Waals surface area contributed by atoms with Crippen molar-refractivity contribution in [3.63, 3.8) is 0 Å². The van der Waals surface area contributed by atoms with Crippen LogP contribution < -0.4 is 0 Å². The first-order chi connectivity index (χ1) is 5.66. The highest BCUT2D eigenvalue weighted by Crippen LogP contribution is 2.35. The summed E-state index contributed by atoms with van der Waals surface area (Å²) in [6.07, 6.45) is 2.52. The molecule has 2 rings (SSSR count). The van der Waals surface area contributed by atoms with Gasteiger partial charge in [0.2, 0.25) is 0 Å². The van der Waals surface area contributed by atoms with Crippen molar-refractivity contribution in [3.05, 3.63) is 14.5 Å². The highest BCUT2D eigenvalue weighted by molar-refractivity contribution is 7.73. The van der Waals surface area contributed by atoms with Crippen LogP contribution in [-0.4, -0.2) is 4.98 Å². The third kappa shape index (κ3) is 1.36. The van der Waals surface area contributed by atoms with Crippen LogP contribution in [0, 0.1) is 9.87 Å². The Morgan fingerprint density at radius 2 is 2.25 bits per heavy atom. The molecule has 3 heteroatoms.